The lowest BCUT2D eigenvalue weighted by Crippen LogP contribution is -2.15. The normalized spacial score (nSPS) is 10.1. The van der Waals surface area contributed by atoms with Crippen molar-refractivity contribution in [1.29, 1.82) is 0 Å². The van der Waals surface area contributed by atoms with E-state index in [1.54, 1.807) is 13.0 Å². The van der Waals surface area contributed by atoms with Crippen LogP contribution in [0.25, 0.3) is 0 Å². The van der Waals surface area contributed by atoms with Gasteiger partial charge in [0.2, 0.25) is 5.91 Å². The zero-order valence-electron chi connectivity index (χ0n) is 10.0. The summed E-state index contributed by atoms with van der Waals surface area (Å²) in [6.07, 6.45) is 1.84. The zero-order chi connectivity index (χ0) is 13.0. The highest BCUT2D eigenvalue weighted by Crippen LogP contribution is 2.20. The first-order valence-corrected chi connectivity index (χ1v) is 6.48. The summed E-state index contributed by atoms with van der Waals surface area (Å²) in [5.41, 5.74) is 2.33. The number of thioether (sulfide) groups is 1. The maximum Gasteiger partial charge on any atom is 0.336 e. The van der Waals surface area contributed by atoms with E-state index in [0.717, 1.165) is 11.1 Å². The Hall–Kier alpha value is -1.49. The first-order chi connectivity index (χ1) is 7.95. The van der Waals surface area contributed by atoms with Crippen molar-refractivity contribution in [2.45, 2.75) is 13.8 Å². The number of carboxylic acid groups (broad SMARTS) is 1. The topological polar surface area (TPSA) is 66.4 Å². The number of benzene rings is 1. The Morgan fingerprint density at radius 3 is 2.53 bits per heavy atom. The van der Waals surface area contributed by atoms with E-state index in [1.165, 1.54) is 17.8 Å². The number of carbonyl (C=O) groups excluding carboxylic acids is 1. The summed E-state index contributed by atoms with van der Waals surface area (Å²) in [5.74, 6) is -0.751. The number of amides is 1. The molecule has 1 amide bonds. The summed E-state index contributed by atoms with van der Waals surface area (Å²) in [5, 5.41) is 11.7. The van der Waals surface area contributed by atoms with E-state index in [9.17, 15) is 9.59 Å². The number of aryl methyl sites for hydroxylation is 1. The minimum atomic E-state index is -0.980. The number of hydrogen-bond acceptors (Lipinski definition) is 3. The number of hydrogen-bond donors (Lipinski definition) is 2. The SMILES string of the molecule is CSCC(=O)Nc1cc(C)c(C)c(C(=O)O)c1. The predicted molar refractivity (Wildman–Crippen MR) is 69.9 cm³/mol. The van der Waals surface area contributed by atoms with Crippen LogP contribution in [0.1, 0.15) is 21.5 Å². The van der Waals surface area contributed by atoms with Crippen LogP contribution < -0.4 is 5.32 Å². The Labute approximate surface area is 104 Å². The van der Waals surface area contributed by atoms with Gasteiger partial charge in [-0.25, -0.2) is 4.79 Å². The largest absolute Gasteiger partial charge is 0.478 e. The van der Waals surface area contributed by atoms with E-state index >= 15 is 0 Å². The third-order valence-corrected chi connectivity index (χ3v) is 3.01. The summed E-state index contributed by atoms with van der Waals surface area (Å²) in [7, 11) is 0. The van der Waals surface area contributed by atoms with Gasteiger partial charge in [-0.05, 0) is 43.4 Å². The standard InChI is InChI=1S/C12H15NO3S/c1-7-4-9(13-11(14)6-17-3)5-10(8(7)2)12(15)16/h4-5H,6H2,1-3H3,(H,13,14)(H,15,16). The number of carboxylic acids is 1. The van der Waals surface area contributed by atoms with Crippen LogP contribution in [0.3, 0.4) is 0 Å². The van der Waals surface area contributed by atoms with E-state index in [4.69, 9.17) is 5.11 Å². The Kier molecular flexibility index (Phi) is 4.57. The van der Waals surface area contributed by atoms with Crippen molar-refractivity contribution in [1.82, 2.24) is 0 Å². The number of aromatic carboxylic acids is 1. The third kappa shape index (κ3) is 3.49. The second kappa shape index (κ2) is 5.72. The molecule has 4 nitrogen and oxygen atoms in total. The van der Waals surface area contributed by atoms with Gasteiger partial charge in [-0.2, -0.15) is 11.8 Å². The molecule has 0 radical (unpaired) electrons. The molecule has 0 spiro atoms. The van der Waals surface area contributed by atoms with Gasteiger partial charge in [0.15, 0.2) is 0 Å². The molecule has 5 heteroatoms. The molecule has 0 saturated carbocycles. The van der Waals surface area contributed by atoms with Crippen molar-refractivity contribution < 1.29 is 14.7 Å². The van der Waals surface area contributed by atoms with Crippen LogP contribution in [-0.2, 0) is 4.79 Å². The first-order valence-electron chi connectivity index (χ1n) is 5.09. The first kappa shape index (κ1) is 13.6. The average Bonchev–Trinajstić information content (AvgIpc) is 2.23. The van der Waals surface area contributed by atoms with Gasteiger partial charge >= 0.3 is 5.97 Å². The molecule has 0 bridgehead atoms. The summed E-state index contributed by atoms with van der Waals surface area (Å²) < 4.78 is 0. The average molecular weight is 253 g/mol. The van der Waals surface area contributed by atoms with Crippen molar-refractivity contribution in [3.05, 3.63) is 28.8 Å². The van der Waals surface area contributed by atoms with Gasteiger partial charge < -0.3 is 10.4 Å². The highest BCUT2D eigenvalue weighted by molar-refractivity contribution is 7.99. The van der Waals surface area contributed by atoms with Gasteiger partial charge in [0.05, 0.1) is 11.3 Å². The highest BCUT2D eigenvalue weighted by Gasteiger charge is 2.11. The van der Waals surface area contributed by atoms with Crippen molar-refractivity contribution in [2.75, 3.05) is 17.3 Å². The van der Waals surface area contributed by atoms with Crippen LogP contribution in [0.15, 0.2) is 12.1 Å². The van der Waals surface area contributed by atoms with Crippen LogP contribution in [-0.4, -0.2) is 29.0 Å². The van der Waals surface area contributed by atoms with Crippen LogP contribution in [0.4, 0.5) is 5.69 Å². The lowest BCUT2D eigenvalue weighted by molar-refractivity contribution is -0.113. The quantitative estimate of drug-likeness (QED) is 0.864. The number of anilines is 1. The zero-order valence-corrected chi connectivity index (χ0v) is 10.9. The van der Waals surface area contributed by atoms with Crippen LogP contribution >= 0.6 is 11.8 Å². The summed E-state index contributed by atoms with van der Waals surface area (Å²) in [6, 6.07) is 3.27. The molecule has 2 N–H and O–H groups in total. The lowest BCUT2D eigenvalue weighted by atomic mass is 10.0. The van der Waals surface area contributed by atoms with Gasteiger partial charge in [0.1, 0.15) is 0 Å². The summed E-state index contributed by atoms with van der Waals surface area (Å²) >= 11 is 1.42. The van der Waals surface area contributed by atoms with Crippen molar-refractivity contribution in [3.8, 4) is 0 Å². The molecular formula is C12H15NO3S. The predicted octanol–water partition coefficient (Wildman–Crippen LogP) is 2.30. The second-order valence-electron chi connectivity index (χ2n) is 3.75. The number of nitrogens with one attached hydrogen (secondary N) is 1. The second-order valence-corrected chi connectivity index (χ2v) is 4.62. The molecule has 1 rings (SSSR count). The molecule has 1 aromatic carbocycles. The summed E-state index contributed by atoms with van der Waals surface area (Å²) in [6.45, 7) is 3.58. The van der Waals surface area contributed by atoms with Crippen LogP contribution in [0.2, 0.25) is 0 Å². The van der Waals surface area contributed by atoms with Crippen LogP contribution in [0, 0.1) is 13.8 Å². The molecule has 0 aliphatic carbocycles. The highest BCUT2D eigenvalue weighted by atomic mass is 32.2. The van der Waals surface area contributed by atoms with E-state index in [2.05, 4.69) is 5.32 Å². The molecule has 0 fully saturated rings. The van der Waals surface area contributed by atoms with Gasteiger partial charge in [-0.15, -0.1) is 0 Å². The van der Waals surface area contributed by atoms with Crippen molar-refractivity contribution in [2.24, 2.45) is 0 Å². The molecule has 92 valence electrons. The Balaban J connectivity index is 3.02. The van der Waals surface area contributed by atoms with Gasteiger partial charge in [-0.1, -0.05) is 0 Å². The molecular weight excluding hydrogens is 238 g/mol. The van der Waals surface area contributed by atoms with E-state index < -0.39 is 5.97 Å². The molecule has 0 aromatic heterocycles. The third-order valence-electron chi connectivity index (χ3n) is 2.46. The number of rotatable bonds is 4. The Morgan fingerprint density at radius 2 is 2.00 bits per heavy atom. The molecule has 0 heterocycles. The number of carbonyl (C=O) groups is 2. The summed E-state index contributed by atoms with van der Waals surface area (Å²) in [4.78, 5) is 22.4. The monoisotopic (exact) mass is 253 g/mol. The minimum absolute atomic E-state index is 0.128. The molecule has 0 saturated heterocycles. The Bertz CT molecular complexity index is 457. The smallest absolute Gasteiger partial charge is 0.336 e. The molecule has 17 heavy (non-hydrogen) atoms. The fourth-order valence-corrected chi connectivity index (χ4v) is 1.82. The fourth-order valence-electron chi connectivity index (χ4n) is 1.48. The molecule has 0 atom stereocenters. The lowest BCUT2D eigenvalue weighted by Gasteiger charge is -2.10. The van der Waals surface area contributed by atoms with Gasteiger partial charge in [0, 0.05) is 5.69 Å². The minimum Gasteiger partial charge on any atom is -0.478 e. The van der Waals surface area contributed by atoms with Crippen molar-refractivity contribution >= 4 is 29.3 Å². The van der Waals surface area contributed by atoms with Crippen molar-refractivity contribution in [3.63, 3.8) is 0 Å². The Morgan fingerprint density at radius 1 is 1.35 bits per heavy atom. The molecule has 1 aromatic rings. The van der Waals surface area contributed by atoms with E-state index in [0.29, 0.717) is 11.4 Å². The maximum atomic E-state index is 11.4. The molecule has 0 unspecified atom stereocenters. The molecule has 0 aliphatic rings. The van der Waals surface area contributed by atoms with Gasteiger partial charge in [-0.3, -0.25) is 4.79 Å². The van der Waals surface area contributed by atoms with Crippen LogP contribution in [0.5, 0.6) is 0 Å². The fraction of sp³-hybridized carbons (Fsp3) is 0.333. The van der Waals surface area contributed by atoms with Gasteiger partial charge in [0.25, 0.3) is 0 Å². The maximum absolute atomic E-state index is 11.4. The van der Waals surface area contributed by atoms with E-state index in [-0.39, 0.29) is 11.5 Å². The molecule has 0 aliphatic heterocycles. The van der Waals surface area contributed by atoms with E-state index in [1.807, 2.05) is 13.2 Å².